The number of rotatable bonds is 9. The molecule has 0 saturated carbocycles. The van der Waals surface area contributed by atoms with Gasteiger partial charge in [-0.15, -0.1) is 0 Å². The lowest BCUT2D eigenvalue weighted by atomic mass is 10.2. The molecule has 0 fully saturated rings. The number of benzene rings is 2. The molecule has 0 aliphatic rings. The van der Waals surface area contributed by atoms with Crippen molar-refractivity contribution < 1.29 is 22.3 Å². The van der Waals surface area contributed by atoms with E-state index in [2.05, 4.69) is 20.6 Å². The molecule has 188 valence electrons. The fourth-order valence-electron chi connectivity index (χ4n) is 3.52. The zero-order chi connectivity index (χ0) is 25.9. The van der Waals surface area contributed by atoms with Crippen molar-refractivity contribution in [1.29, 1.82) is 0 Å². The van der Waals surface area contributed by atoms with Gasteiger partial charge in [0.15, 0.2) is 15.7 Å². The number of amides is 1. The first-order valence-corrected chi connectivity index (χ1v) is 13.3. The summed E-state index contributed by atoms with van der Waals surface area (Å²) in [6.45, 7) is 2.26. The molecule has 2 N–H and O–H groups in total. The number of ether oxygens (including phenoxy) is 1. The molecule has 9 nitrogen and oxygen atoms in total. The lowest BCUT2D eigenvalue weighted by Gasteiger charge is -2.13. The number of anilines is 2. The molecule has 0 spiro atoms. The first kappa shape index (κ1) is 25.4. The molecule has 2 heterocycles. The largest absolute Gasteiger partial charge is 0.456 e. The number of fused-ring (bicyclic) bond motifs is 1. The Balaban J connectivity index is 1.49. The minimum absolute atomic E-state index is 0.229. The molecule has 4 aromatic rings. The number of carbonyl (C=O) groups excluding carboxylic acids is 1. The molecular weight excluding hydrogens is 509 g/mol. The molecule has 36 heavy (non-hydrogen) atoms. The van der Waals surface area contributed by atoms with E-state index in [-0.39, 0.29) is 12.4 Å². The predicted octanol–water partition coefficient (Wildman–Crippen LogP) is 4.23. The van der Waals surface area contributed by atoms with Gasteiger partial charge in [0.25, 0.3) is 0 Å². The summed E-state index contributed by atoms with van der Waals surface area (Å²) in [7, 11) is -3.40. The van der Waals surface area contributed by atoms with Crippen LogP contribution in [0.15, 0.2) is 55.0 Å². The van der Waals surface area contributed by atoms with Gasteiger partial charge in [-0.1, -0.05) is 11.6 Å². The van der Waals surface area contributed by atoms with Gasteiger partial charge in [-0.2, -0.15) is 0 Å². The quantitative estimate of drug-likeness (QED) is 0.332. The highest BCUT2D eigenvalue weighted by molar-refractivity contribution is 7.91. The molecule has 0 radical (unpaired) electrons. The Morgan fingerprint density at radius 2 is 1.97 bits per heavy atom. The number of hydrogen-bond donors (Lipinski definition) is 2. The highest BCUT2D eigenvalue weighted by atomic mass is 35.5. The lowest BCUT2D eigenvalue weighted by molar-refractivity contribution is -0.118. The Morgan fingerprint density at radius 3 is 2.69 bits per heavy atom. The summed E-state index contributed by atoms with van der Waals surface area (Å²) in [6, 6.07) is 11.4. The Kier molecular flexibility index (Phi) is 7.41. The smallest absolute Gasteiger partial charge is 0.235 e. The van der Waals surface area contributed by atoms with E-state index in [1.165, 1.54) is 18.5 Å². The third-order valence-corrected chi connectivity index (χ3v) is 6.25. The SMILES string of the molecule is Cc1cc(Oc2ccc(Nc3ncnc4ccn(CCNC(=O)CS(C)(=O)=O)c34)cc2Cl)ccc1F. The van der Waals surface area contributed by atoms with Crippen LogP contribution in [0.2, 0.25) is 5.02 Å². The summed E-state index contributed by atoms with van der Waals surface area (Å²) in [4.78, 5) is 20.4. The zero-order valence-corrected chi connectivity index (χ0v) is 21.0. The van der Waals surface area contributed by atoms with Crippen molar-refractivity contribution in [2.45, 2.75) is 13.5 Å². The van der Waals surface area contributed by atoms with Gasteiger partial charge in [-0.25, -0.2) is 22.8 Å². The molecule has 1 amide bonds. The number of sulfone groups is 1. The molecule has 12 heteroatoms. The van der Waals surface area contributed by atoms with E-state index >= 15 is 0 Å². The second kappa shape index (κ2) is 10.5. The average Bonchev–Trinajstić information content (AvgIpc) is 3.21. The minimum atomic E-state index is -3.40. The van der Waals surface area contributed by atoms with Crippen molar-refractivity contribution >= 4 is 49.9 Å². The van der Waals surface area contributed by atoms with Crippen LogP contribution in [0.3, 0.4) is 0 Å². The monoisotopic (exact) mass is 531 g/mol. The van der Waals surface area contributed by atoms with Crippen molar-refractivity contribution in [3.05, 3.63) is 71.4 Å². The second-order valence-electron chi connectivity index (χ2n) is 8.17. The number of nitrogens with one attached hydrogen (secondary N) is 2. The fourth-order valence-corrected chi connectivity index (χ4v) is 4.32. The summed E-state index contributed by atoms with van der Waals surface area (Å²) in [5.41, 5.74) is 2.50. The van der Waals surface area contributed by atoms with Crippen LogP contribution in [0.1, 0.15) is 5.56 Å². The van der Waals surface area contributed by atoms with Gasteiger partial charge in [0.1, 0.15) is 34.9 Å². The molecule has 0 unspecified atom stereocenters. The molecule has 0 aliphatic carbocycles. The summed E-state index contributed by atoms with van der Waals surface area (Å²) >= 11 is 6.43. The minimum Gasteiger partial charge on any atom is -0.456 e. The molecular formula is C24H23ClFN5O4S. The van der Waals surface area contributed by atoms with Gasteiger partial charge in [-0.3, -0.25) is 4.79 Å². The number of nitrogens with zero attached hydrogens (tertiary/aromatic N) is 3. The van der Waals surface area contributed by atoms with Crippen molar-refractivity contribution in [1.82, 2.24) is 19.9 Å². The van der Waals surface area contributed by atoms with E-state index in [1.54, 1.807) is 31.2 Å². The number of hydrogen-bond acceptors (Lipinski definition) is 7. The topological polar surface area (TPSA) is 115 Å². The van der Waals surface area contributed by atoms with Crippen LogP contribution in [-0.4, -0.2) is 47.4 Å². The molecule has 0 saturated heterocycles. The standard InChI is InChI=1S/C24H23ClFN5O4S/c1-15-11-17(4-5-19(15)26)35-21-6-3-16(12-18(21)25)30-24-23-20(28-14-29-24)7-9-31(23)10-8-27-22(32)13-36(2,33)34/h3-7,9,11-12,14H,8,10,13H2,1-2H3,(H,27,32)(H,28,29,30). The third-order valence-electron chi connectivity index (χ3n) is 5.17. The second-order valence-corrected chi connectivity index (χ2v) is 10.7. The maximum Gasteiger partial charge on any atom is 0.235 e. The highest BCUT2D eigenvalue weighted by Gasteiger charge is 2.13. The molecule has 2 aromatic carbocycles. The molecule has 0 bridgehead atoms. The third kappa shape index (κ3) is 6.29. The predicted molar refractivity (Wildman–Crippen MR) is 136 cm³/mol. The Labute approximate surface area is 212 Å². The number of aromatic nitrogens is 3. The number of aryl methyl sites for hydroxylation is 1. The number of halogens is 2. The van der Waals surface area contributed by atoms with E-state index in [9.17, 15) is 17.6 Å². The average molecular weight is 532 g/mol. The van der Waals surface area contributed by atoms with Crippen molar-refractivity contribution in [2.24, 2.45) is 0 Å². The maximum absolute atomic E-state index is 13.5. The van der Waals surface area contributed by atoms with E-state index in [0.717, 1.165) is 6.26 Å². The van der Waals surface area contributed by atoms with Crippen molar-refractivity contribution in [3.8, 4) is 11.5 Å². The van der Waals surface area contributed by atoms with Crippen LogP contribution in [-0.2, 0) is 21.2 Å². The zero-order valence-electron chi connectivity index (χ0n) is 19.5. The van der Waals surface area contributed by atoms with Gasteiger partial charge in [0.2, 0.25) is 5.91 Å². The van der Waals surface area contributed by atoms with E-state index < -0.39 is 21.5 Å². The summed E-state index contributed by atoms with van der Waals surface area (Å²) in [5, 5.41) is 6.17. The highest BCUT2D eigenvalue weighted by Crippen LogP contribution is 2.33. The van der Waals surface area contributed by atoms with E-state index in [4.69, 9.17) is 16.3 Å². The van der Waals surface area contributed by atoms with Gasteiger partial charge in [0, 0.05) is 31.2 Å². The van der Waals surface area contributed by atoms with Gasteiger partial charge in [0.05, 0.1) is 10.5 Å². The number of carbonyl (C=O) groups is 1. The van der Waals surface area contributed by atoms with Crippen molar-refractivity contribution in [3.63, 3.8) is 0 Å². The van der Waals surface area contributed by atoms with Crippen LogP contribution >= 0.6 is 11.6 Å². The Morgan fingerprint density at radius 1 is 1.17 bits per heavy atom. The van der Waals surface area contributed by atoms with Crippen LogP contribution in [0.5, 0.6) is 11.5 Å². The van der Waals surface area contributed by atoms with Crippen LogP contribution < -0.4 is 15.4 Å². The maximum atomic E-state index is 13.5. The first-order valence-electron chi connectivity index (χ1n) is 10.8. The van der Waals surface area contributed by atoms with Gasteiger partial charge < -0.3 is 19.9 Å². The first-order chi connectivity index (χ1) is 17.1. The van der Waals surface area contributed by atoms with E-state index in [1.807, 2.05) is 16.8 Å². The van der Waals surface area contributed by atoms with Crippen LogP contribution in [0.25, 0.3) is 11.0 Å². The normalized spacial score (nSPS) is 11.4. The summed E-state index contributed by atoms with van der Waals surface area (Å²) < 4.78 is 43.7. The molecule has 4 rings (SSSR count). The summed E-state index contributed by atoms with van der Waals surface area (Å²) in [5.74, 6) is -0.0334. The van der Waals surface area contributed by atoms with Crippen LogP contribution in [0.4, 0.5) is 15.9 Å². The van der Waals surface area contributed by atoms with Gasteiger partial charge >= 0.3 is 0 Å². The van der Waals surface area contributed by atoms with Gasteiger partial charge in [-0.05, 0) is 55.0 Å². The Hall–Kier alpha value is -3.70. The summed E-state index contributed by atoms with van der Waals surface area (Å²) in [6.07, 6.45) is 4.25. The fraction of sp³-hybridized carbons (Fsp3) is 0.208. The molecule has 0 atom stereocenters. The molecule has 2 aromatic heterocycles. The Bertz CT molecular complexity index is 1540. The van der Waals surface area contributed by atoms with E-state index in [0.29, 0.717) is 51.2 Å². The molecule has 0 aliphatic heterocycles. The van der Waals surface area contributed by atoms with Crippen LogP contribution in [0, 0.1) is 12.7 Å². The lowest BCUT2D eigenvalue weighted by Crippen LogP contribution is -2.32. The van der Waals surface area contributed by atoms with Crippen molar-refractivity contribution in [2.75, 3.05) is 23.9 Å².